The second-order valence-electron chi connectivity index (χ2n) is 11.2. The Labute approximate surface area is 198 Å². The van der Waals surface area contributed by atoms with E-state index in [2.05, 4.69) is 6.08 Å². The predicted octanol–water partition coefficient (Wildman–Crippen LogP) is 8.25. The van der Waals surface area contributed by atoms with Crippen molar-refractivity contribution in [1.82, 2.24) is 0 Å². The van der Waals surface area contributed by atoms with E-state index >= 15 is 0 Å². The summed E-state index contributed by atoms with van der Waals surface area (Å²) >= 11 is 0. The Morgan fingerprint density at radius 3 is 1.85 bits per heavy atom. The molecule has 4 aliphatic rings. The summed E-state index contributed by atoms with van der Waals surface area (Å²) < 4.78 is 40.3. The molecule has 182 valence electrons. The van der Waals surface area contributed by atoms with Gasteiger partial charge in [-0.15, -0.1) is 0 Å². The van der Waals surface area contributed by atoms with Gasteiger partial charge < -0.3 is 9.47 Å². The van der Waals surface area contributed by atoms with Crippen LogP contribution >= 0.6 is 0 Å². The highest BCUT2D eigenvalue weighted by Gasteiger charge is 2.34. The average molecular weight is 459 g/mol. The quantitative estimate of drug-likeness (QED) is 0.365. The first kappa shape index (κ1) is 23.2. The Morgan fingerprint density at radius 2 is 1.27 bits per heavy atom. The summed E-state index contributed by atoms with van der Waals surface area (Å²) in [5, 5.41) is 0. The van der Waals surface area contributed by atoms with Crippen LogP contribution in [0.3, 0.4) is 0 Å². The van der Waals surface area contributed by atoms with Gasteiger partial charge in [0.2, 0.25) is 11.6 Å². The first-order valence-electron chi connectivity index (χ1n) is 13.6. The van der Waals surface area contributed by atoms with Gasteiger partial charge in [-0.2, -0.15) is 8.78 Å². The second kappa shape index (κ2) is 10.8. The van der Waals surface area contributed by atoms with Crippen LogP contribution in [0.1, 0.15) is 89.9 Å². The average Bonchev–Trinajstić information content (AvgIpc) is 3.33. The minimum atomic E-state index is -0.934. The zero-order valence-electron chi connectivity index (χ0n) is 20.0. The molecule has 0 aliphatic heterocycles. The van der Waals surface area contributed by atoms with Crippen LogP contribution in [-0.2, 0) is 0 Å². The summed E-state index contributed by atoms with van der Waals surface area (Å²) in [6.07, 6.45) is 20.4. The maximum atomic E-state index is 14.5. The molecule has 1 atom stereocenters. The highest BCUT2D eigenvalue weighted by Crippen LogP contribution is 2.46. The van der Waals surface area contributed by atoms with E-state index in [9.17, 15) is 8.78 Å². The lowest BCUT2D eigenvalue weighted by atomic mass is 9.65. The van der Waals surface area contributed by atoms with E-state index in [1.54, 1.807) is 0 Å². The van der Waals surface area contributed by atoms with E-state index in [4.69, 9.17) is 9.47 Å². The summed E-state index contributed by atoms with van der Waals surface area (Å²) in [7, 11) is 0. The minimum Gasteiger partial charge on any atom is -0.490 e. The smallest absolute Gasteiger partial charge is 0.204 e. The predicted molar refractivity (Wildman–Crippen MR) is 128 cm³/mol. The normalized spacial score (nSPS) is 28.9. The molecule has 0 amide bonds. The standard InChI is InChI=1S/C29H40F2O2/c30-28-26(32-18-20-4-1-2-5-20)16-17-27(29(28)31)33-19-21-8-10-23(11-9-21)25-14-12-24(13-15-25)22-6-3-7-22/h8,16-17,20,22-25H,1-7,9-15,18-19H2. The van der Waals surface area contributed by atoms with E-state index < -0.39 is 11.6 Å². The van der Waals surface area contributed by atoms with Gasteiger partial charge in [0.1, 0.15) is 6.61 Å². The van der Waals surface area contributed by atoms with Crippen molar-refractivity contribution >= 4 is 0 Å². The molecule has 33 heavy (non-hydrogen) atoms. The molecule has 1 aromatic rings. The number of ether oxygens (including phenoxy) is 2. The Bertz CT molecular complexity index is 817. The lowest BCUT2D eigenvalue weighted by Crippen LogP contribution is -2.29. The summed E-state index contributed by atoms with van der Waals surface area (Å²) in [6, 6.07) is 3.02. The molecule has 4 aliphatic carbocycles. The van der Waals surface area contributed by atoms with Gasteiger partial charge in [-0.3, -0.25) is 0 Å². The van der Waals surface area contributed by atoms with Gasteiger partial charge in [-0.05, 0) is 105 Å². The van der Waals surface area contributed by atoms with E-state index in [1.165, 1.54) is 81.9 Å². The van der Waals surface area contributed by atoms with Crippen molar-refractivity contribution in [3.63, 3.8) is 0 Å². The van der Waals surface area contributed by atoms with Crippen LogP contribution in [-0.4, -0.2) is 13.2 Å². The van der Waals surface area contributed by atoms with Gasteiger partial charge in [0.15, 0.2) is 11.5 Å². The fourth-order valence-electron chi connectivity index (χ4n) is 6.76. The fourth-order valence-corrected chi connectivity index (χ4v) is 6.76. The molecule has 2 nitrogen and oxygen atoms in total. The van der Waals surface area contributed by atoms with Crippen molar-refractivity contribution in [2.75, 3.05) is 13.2 Å². The molecule has 1 unspecified atom stereocenters. The highest BCUT2D eigenvalue weighted by molar-refractivity contribution is 5.35. The molecule has 3 saturated carbocycles. The third kappa shape index (κ3) is 5.57. The first-order valence-corrected chi connectivity index (χ1v) is 13.6. The summed E-state index contributed by atoms with van der Waals surface area (Å²) in [6.45, 7) is 0.812. The third-order valence-electron chi connectivity index (χ3n) is 9.22. The van der Waals surface area contributed by atoms with E-state index in [0.29, 0.717) is 19.1 Å². The van der Waals surface area contributed by atoms with Gasteiger partial charge in [-0.25, -0.2) is 0 Å². The molecule has 0 saturated heterocycles. The largest absolute Gasteiger partial charge is 0.490 e. The number of halogens is 2. The summed E-state index contributed by atoms with van der Waals surface area (Å²) in [5.41, 5.74) is 1.22. The molecule has 3 fully saturated rings. The topological polar surface area (TPSA) is 18.5 Å². The summed E-state index contributed by atoms with van der Waals surface area (Å²) in [5.74, 6) is 2.30. The van der Waals surface area contributed by atoms with Crippen LogP contribution in [0.25, 0.3) is 0 Å². The van der Waals surface area contributed by atoms with Crippen LogP contribution in [0.4, 0.5) is 8.78 Å². The Kier molecular flexibility index (Phi) is 7.57. The molecule has 4 heteroatoms. The van der Waals surface area contributed by atoms with Gasteiger partial charge in [-0.1, -0.05) is 38.2 Å². The Hall–Kier alpha value is -1.58. The monoisotopic (exact) mass is 458 g/mol. The molecule has 1 aromatic carbocycles. The lowest BCUT2D eigenvalue weighted by Gasteiger charge is -2.41. The minimum absolute atomic E-state index is 0.00139. The maximum Gasteiger partial charge on any atom is 0.204 e. The highest BCUT2D eigenvalue weighted by atomic mass is 19.2. The molecular formula is C29H40F2O2. The first-order chi connectivity index (χ1) is 16.2. The molecule has 0 radical (unpaired) electrons. The Balaban J connectivity index is 1.07. The van der Waals surface area contributed by atoms with Crippen LogP contribution in [0.15, 0.2) is 23.8 Å². The van der Waals surface area contributed by atoms with Crippen molar-refractivity contribution in [3.05, 3.63) is 35.4 Å². The van der Waals surface area contributed by atoms with E-state index in [1.807, 2.05) is 0 Å². The summed E-state index contributed by atoms with van der Waals surface area (Å²) in [4.78, 5) is 0. The van der Waals surface area contributed by atoms with Crippen molar-refractivity contribution < 1.29 is 18.3 Å². The van der Waals surface area contributed by atoms with Crippen LogP contribution in [0.2, 0.25) is 0 Å². The number of hydrogen-bond acceptors (Lipinski definition) is 2. The van der Waals surface area contributed by atoms with Crippen LogP contribution in [0, 0.1) is 41.2 Å². The molecule has 0 bridgehead atoms. The van der Waals surface area contributed by atoms with Crippen molar-refractivity contribution in [1.29, 1.82) is 0 Å². The number of rotatable bonds is 8. The number of hydrogen-bond donors (Lipinski definition) is 0. The molecule has 0 N–H and O–H groups in total. The number of benzene rings is 1. The van der Waals surface area contributed by atoms with Gasteiger partial charge in [0, 0.05) is 0 Å². The fraction of sp³-hybridized carbons (Fsp3) is 0.724. The van der Waals surface area contributed by atoms with Crippen molar-refractivity contribution in [2.45, 2.75) is 89.9 Å². The van der Waals surface area contributed by atoms with Gasteiger partial charge in [0.05, 0.1) is 6.61 Å². The Morgan fingerprint density at radius 1 is 0.667 bits per heavy atom. The zero-order valence-corrected chi connectivity index (χ0v) is 20.0. The van der Waals surface area contributed by atoms with Crippen LogP contribution in [0.5, 0.6) is 11.5 Å². The number of allylic oxidation sites excluding steroid dienone is 1. The lowest BCUT2D eigenvalue weighted by molar-refractivity contribution is 0.114. The SMILES string of the molecule is Fc1c(OCC2=CCC(C3CCC(C4CCC4)CC3)CC2)ccc(OCC2CCCC2)c1F. The van der Waals surface area contributed by atoms with Crippen molar-refractivity contribution in [2.24, 2.45) is 29.6 Å². The molecule has 0 aromatic heterocycles. The molecule has 0 heterocycles. The molecule has 5 rings (SSSR count). The maximum absolute atomic E-state index is 14.5. The zero-order chi connectivity index (χ0) is 22.6. The molecule has 0 spiro atoms. The van der Waals surface area contributed by atoms with Crippen molar-refractivity contribution in [3.8, 4) is 11.5 Å². The van der Waals surface area contributed by atoms with Gasteiger partial charge in [0.25, 0.3) is 0 Å². The van der Waals surface area contributed by atoms with E-state index in [-0.39, 0.29) is 11.5 Å². The second-order valence-corrected chi connectivity index (χ2v) is 11.2. The van der Waals surface area contributed by atoms with Crippen LogP contribution < -0.4 is 9.47 Å². The van der Waals surface area contributed by atoms with Gasteiger partial charge >= 0.3 is 0 Å². The third-order valence-corrected chi connectivity index (χ3v) is 9.22. The van der Waals surface area contributed by atoms with E-state index in [0.717, 1.165) is 49.4 Å². The molecular weight excluding hydrogens is 418 g/mol.